The highest BCUT2D eigenvalue weighted by molar-refractivity contribution is 6.07. The van der Waals surface area contributed by atoms with Crippen LogP contribution in [0.4, 0.5) is 5.69 Å². The molecule has 3 aromatic rings. The number of hydrogen-bond acceptors (Lipinski definition) is 2. The van der Waals surface area contributed by atoms with Crippen LogP contribution in [0, 0.1) is 0 Å². The minimum Gasteiger partial charge on any atom is -0.456 e. The third kappa shape index (κ3) is 1.37. The van der Waals surface area contributed by atoms with Gasteiger partial charge in [0.25, 0.3) is 0 Å². The second kappa shape index (κ2) is 3.79. The van der Waals surface area contributed by atoms with E-state index in [1.807, 2.05) is 12.1 Å². The van der Waals surface area contributed by atoms with Crippen molar-refractivity contribution >= 4 is 27.6 Å². The molecule has 102 valence electrons. The van der Waals surface area contributed by atoms with Gasteiger partial charge in [-0.2, -0.15) is 0 Å². The molecule has 2 aliphatic rings. The maximum absolute atomic E-state index is 6.04. The summed E-state index contributed by atoms with van der Waals surface area (Å²) in [5.74, 6) is 0.479. The van der Waals surface area contributed by atoms with Crippen LogP contribution in [-0.2, 0) is 0 Å². The molecule has 2 aromatic carbocycles. The molecule has 2 heterocycles. The smallest absolute Gasteiger partial charge is 0.135 e. The number of anilines is 1. The highest BCUT2D eigenvalue weighted by Gasteiger charge is 2.32. The molecule has 5 rings (SSSR count). The van der Waals surface area contributed by atoms with Crippen LogP contribution < -0.4 is 4.90 Å². The standard InChI is InChI=1S/C19H15NO/c1-20-16-8-4-2-6-12(16)14-11-19-15(10-17(14)20)13-7-3-5-9-18(13)21-19/h2-5,7-12H,6H2,1H3. The highest BCUT2D eigenvalue weighted by atomic mass is 16.3. The zero-order valence-corrected chi connectivity index (χ0v) is 11.8. The Morgan fingerprint density at radius 3 is 2.95 bits per heavy atom. The van der Waals surface area contributed by atoms with Crippen LogP contribution in [0.3, 0.4) is 0 Å². The highest BCUT2D eigenvalue weighted by Crippen LogP contribution is 2.48. The number of likely N-dealkylation sites (N-methyl/N-ethyl adjacent to an activating group) is 1. The number of rotatable bonds is 0. The van der Waals surface area contributed by atoms with E-state index in [0.29, 0.717) is 5.92 Å². The maximum Gasteiger partial charge on any atom is 0.135 e. The summed E-state index contributed by atoms with van der Waals surface area (Å²) in [6, 6.07) is 12.8. The van der Waals surface area contributed by atoms with Gasteiger partial charge in [-0.25, -0.2) is 0 Å². The van der Waals surface area contributed by atoms with Gasteiger partial charge in [-0.15, -0.1) is 0 Å². The van der Waals surface area contributed by atoms with Crippen LogP contribution in [0.1, 0.15) is 17.9 Å². The Labute approximate surface area is 123 Å². The van der Waals surface area contributed by atoms with Gasteiger partial charge in [0.1, 0.15) is 11.2 Å². The number of furan rings is 1. The molecular formula is C19H15NO. The summed E-state index contributed by atoms with van der Waals surface area (Å²) in [5, 5.41) is 2.41. The first kappa shape index (κ1) is 11.2. The summed E-state index contributed by atoms with van der Waals surface area (Å²) in [7, 11) is 2.16. The molecule has 0 fully saturated rings. The van der Waals surface area contributed by atoms with E-state index in [0.717, 1.165) is 17.6 Å². The minimum atomic E-state index is 0.479. The lowest BCUT2D eigenvalue weighted by atomic mass is 9.92. The summed E-state index contributed by atoms with van der Waals surface area (Å²) in [5.41, 5.74) is 6.07. The van der Waals surface area contributed by atoms with Gasteiger partial charge in [0, 0.05) is 35.1 Å². The number of benzene rings is 2. The molecule has 1 aromatic heterocycles. The fourth-order valence-electron chi connectivity index (χ4n) is 3.73. The van der Waals surface area contributed by atoms with Gasteiger partial charge in [0.2, 0.25) is 0 Å². The van der Waals surface area contributed by atoms with Crippen molar-refractivity contribution in [2.24, 2.45) is 0 Å². The van der Waals surface area contributed by atoms with Gasteiger partial charge in [0.05, 0.1) is 0 Å². The van der Waals surface area contributed by atoms with E-state index in [1.165, 1.54) is 27.7 Å². The van der Waals surface area contributed by atoms with Crippen LogP contribution >= 0.6 is 0 Å². The van der Waals surface area contributed by atoms with E-state index in [9.17, 15) is 0 Å². The average molecular weight is 273 g/mol. The van der Waals surface area contributed by atoms with Crippen LogP contribution in [0.2, 0.25) is 0 Å². The summed E-state index contributed by atoms with van der Waals surface area (Å²) in [6.45, 7) is 0. The Morgan fingerprint density at radius 2 is 2.00 bits per heavy atom. The summed E-state index contributed by atoms with van der Waals surface area (Å²) < 4.78 is 6.04. The SMILES string of the molecule is CN1C2=CC=CCC2c2cc3oc4ccccc4c3cc21. The van der Waals surface area contributed by atoms with Crippen molar-refractivity contribution in [3.8, 4) is 0 Å². The number of fused-ring (bicyclic) bond motifs is 6. The van der Waals surface area contributed by atoms with Crippen molar-refractivity contribution in [1.82, 2.24) is 0 Å². The molecule has 0 bridgehead atoms. The van der Waals surface area contributed by atoms with Gasteiger partial charge in [0.15, 0.2) is 0 Å². The molecule has 1 atom stereocenters. The van der Waals surface area contributed by atoms with Crippen LogP contribution in [0.25, 0.3) is 21.9 Å². The molecule has 2 nitrogen and oxygen atoms in total. The number of allylic oxidation sites excluding steroid dienone is 4. The summed E-state index contributed by atoms with van der Waals surface area (Å²) in [4.78, 5) is 2.32. The van der Waals surface area contributed by atoms with Crippen molar-refractivity contribution in [3.63, 3.8) is 0 Å². The minimum absolute atomic E-state index is 0.479. The lowest BCUT2D eigenvalue weighted by Gasteiger charge is -2.19. The molecule has 21 heavy (non-hydrogen) atoms. The second-order valence-electron chi connectivity index (χ2n) is 5.87. The first-order valence-corrected chi connectivity index (χ1v) is 7.38. The monoisotopic (exact) mass is 273 g/mol. The van der Waals surface area contributed by atoms with Gasteiger partial charge in [-0.05, 0) is 36.3 Å². The van der Waals surface area contributed by atoms with Crippen molar-refractivity contribution in [1.29, 1.82) is 0 Å². The van der Waals surface area contributed by atoms with Gasteiger partial charge in [-0.3, -0.25) is 0 Å². The topological polar surface area (TPSA) is 16.4 Å². The molecule has 1 aliphatic heterocycles. The quantitative estimate of drug-likeness (QED) is 0.575. The molecule has 2 heteroatoms. The molecule has 0 saturated heterocycles. The van der Waals surface area contributed by atoms with E-state index < -0.39 is 0 Å². The first-order valence-electron chi connectivity index (χ1n) is 7.38. The Bertz CT molecular complexity index is 945. The predicted octanol–water partition coefficient (Wildman–Crippen LogP) is 4.96. The van der Waals surface area contributed by atoms with Gasteiger partial charge < -0.3 is 9.32 Å². The van der Waals surface area contributed by atoms with E-state index in [-0.39, 0.29) is 0 Å². The summed E-state index contributed by atoms with van der Waals surface area (Å²) >= 11 is 0. The average Bonchev–Trinajstić information content (AvgIpc) is 3.02. The first-order chi connectivity index (χ1) is 10.3. The number of nitrogens with zero attached hydrogens (tertiary/aromatic N) is 1. The lowest BCUT2D eigenvalue weighted by molar-refractivity contribution is 0.667. The predicted molar refractivity (Wildman–Crippen MR) is 86.7 cm³/mol. The van der Waals surface area contributed by atoms with E-state index in [4.69, 9.17) is 4.42 Å². The van der Waals surface area contributed by atoms with Crippen LogP contribution in [0.5, 0.6) is 0 Å². The molecule has 0 N–H and O–H groups in total. The molecule has 0 amide bonds. The van der Waals surface area contributed by atoms with Crippen LogP contribution in [-0.4, -0.2) is 7.05 Å². The molecule has 1 aliphatic carbocycles. The second-order valence-corrected chi connectivity index (χ2v) is 5.87. The maximum atomic E-state index is 6.04. The van der Waals surface area contributed by atoms with Gasteiger partial charge >= 0.3 is 0 Å². The van der Waals surface area contributed by atoms with Crippen molar-refractivity contribution in [2.45, 2.75) is 12.3 Å². The van der Waals surface area contributed by atoms with Gasteiger partial charge in [-0.1, -0.05) is 30.4 Å². The van der Waals surface area contributed by atoms with E-state index in [1.54, 1.807) is 0 Å². The molecule has 0 radical (unpaired) electrons. The Balaban J connectivity index is 1.85. The molecule has 1 unspecified atom stereocenters. The van der Waals surface area contributed by atoms with Crippen molar-refractivity contribution in [2.75, 3.05) is 11.9 Å². The van der Waals surface area contributed by atoms with Crippen LogP contribution in [0.15, 0.2) is 64.7 Å². The number of hydrogen-bond donors (Lipinski definition) is 0. The van der Waals surface area contributed by atoms with Crippen molar-refractivity contribution < 1.29 is 4.42 Å². The largest absolute Gasteiger partial charge is 0.456 e. The van der Waals surface area contributed by atoms with E-state index in [2.05, 4.69) is 54.4 Å². The van der Waals surface area contributed by atoms with Crippen molar-refractivity contribution in [3.05, 3.63) is 65.9 Å². The Kier molecular flexibility index (Phi) is 2.02. The third-order valence-corrected chi connectivity index (χ3v) is 4.78. The molecule has 0 saturated carbocycles. The number of para-hydroxylation sites is 1. The Hall–Kier alpha value is -2.48. The lowest BCUT2D eigenvalue weighted by Crippen LogP contribution is -2.14. The van der Waals surface area contributed by atoms with E-state index >= 15 is 0 Å². The third-order valence-electron chi connectivity index (χ3n) is 4.78. The zero-order valence-electron chi connectivity index (χ0n) is 11.8. The zero-order chi connectivity index (χ0) is 14.0. The molecular weight excluding hydrogens is 258 g/mol. The Morgan fingerprint density at radius 1 is 1.10 bits per heavy atom. The molecule has 0 spiro atoms. The fraction of sp³-hybridized carbons (Fsp3) is 0.158. The summed E-state index contributed by atoms with van der Waals surface area (Å²) in [6.07, 6.45) is 7.72. The normalized spacial score (nSPS) is 20.0. The fourth-order valence-corrected chi connectivity index (χ4v) is 3.73.